The molecule has 4 rings (SSSR count). The number of hydrogen-bond acceptors (Lipinski definition) is 6. The van der Waals surface area contributed by atoms with Crippen molar-refractivity contribution in [2.75, 3.05) is 12.1 Å². The van der Waals surface area contributed by atoms with Crippen molar-refractivity contribution in [2.45, 2.75) is 13.3 Å². The lowest BCUT2D eigenvalue weighted by Gasteiger charge is -2.02. The Balaban J connectivity index is 1.54. The van der Waals surface area contributed by atoms with Gasteiger partial charge in [-0.05, 0) is 41.6 Å². The zero-order chi connectivity index (χ0) is 16.5. The second kappa shape index (κ2) is 6.26. The minimum absolute atomic E-state index is 0.103. The van der Waals surface area contributed by atoms with E-state index in [1.54, 1.807) is 0 Å². The van der Waals surface area contributed by atoms with E-state index in [4.69, 9.17) is 9.47 Å². The van der Waals surface area contributed by atoms with Gasteiger partial charge in [-0.15, -0.1) is 22.7 Å². The van der Waals surface area contributed by atoms with Crippen molar-refractivity contribution < 1.29 is 14.3 Å². The average Bonchev–Trinajstić information content (AvgIpc) is 3.33. The van der Waals surface area contributed by atoms with Crippen LogP contribution in [-0.2, 0) is 6.42 Å². The fourth-order valence-corrected chi connectivity index (χ4v) is 4.09. The third kappa shape index (κ3) is 2.76. The van der Waals surface area contributed by atoms with Crippen molar-refractivity contribution in [3.05, 3.63) is 45.5 Å². The smallest absolute Gasteiger partial charge is 0.267 e. The Morgan fingerprint density at radius 2 is 2.12 bits per heavy atom. The lowest BCUT2D eigenvalue weighted by atomic mass is 10.1. The van der Waals surface area contributed by atoms with Crippen molar-refractivity contribution in [3.63, 3.8) is 0 Å². The van der Waals surface area contributed by atoms with Crippen LogP contribution >= 0.6 is 22.7 Å². The summed E-state index contributed by atoms with van der Waals surface area (Å²) in [5.74, 6) is 1.36. The van der Waals surface area contributed by atoms with E-state index < -0.39 is 0 Å². The van der Waals surface area contributed by atoms with Gasteiger partial charge in [-0.2, -0.15) is 0 Å². The van der Waals surface area contributed by atoms with Crippen molar-refractivity contribution in [1.29, 1.82) is 0 Å². The molecule has 1 aliphatic heterocycles. The molecule has 5 nitrogen and oxygen atoms in total. The Morgan fingerprint density at radius 3 is 3.00 bits per heavy atom. The van der Waals surface area contributed by atoms with Gasteiger partial charge < -0.3 is 9.47 Å². The number of anilines is 1. The first kappa shape index (κ1) is 15.2. The molecule has 0 unspecified atom stereocenters. The summed E-state index contributed by atoms with van der Waals surface area (Å²) in [5.41, 5.74) is 2.79. The summed E-state index contributed by atoms with van der Waals surface area (Å²) in [6.07, 6.45) is 0.840. The summed E-state index contributed by atoms with van der Waals surface area (Å²) in [6, 6.07) is 7.69. The molecule has 7 heteroatoms. The van der Waals surface area contributed by atoms with Crippen molar-refractivity contribution >= 4 is 33.7 Å². The predicted molar refractivity (Wildman–Crippen MR) is 95.3 cm³/mol. The number of thiophene rings is 1. The summed E-state index contributed by atoms with van der Waals surface area (Å²) in [5, 5.41) is 7.33. The minimum atomic E-state index is -0.103. The van der Waals surface area contributed by atoms with Crippen LogP contribution in [0.25, 0.3) is 11.3 Å². The maximum Gasteiger partial charge on any atom is 0.267 e. The summed E-state index contributed by atoms with van der Waals surface area (Å²) < 4.78 is 10.7. The number of thiazole rings is 1. The highest BCUT2D eigenvalue weighted by Crippen LogP contribution is 2.36. The Labute approximate surface area is 146 Å². The van der Waals surface area contributed by atoms with E-state index in [1.165, 1.54) is 22.7 Å². The third-order valence-corrected chi connectivity index (χ3v) is 5.44. The van der Waals surface area contributed by atoms with Gasteiger partial charge in [0, 0.05) is 10.9 Å². The third-order valence-electron chi connectivity index (χ3n) is 3.73. The van der Waals surface area contributed by atoms with E-state index in [9.17, 15) is 4.79 Å². The van der Waals surface area contributed by atoms with Crippen LogP contribution in [-0.4, -0.2) is 17.7 Å². The van der Waals surface area contributed by atoms with Crippen LogP contribution in [0.2, 0.25) is 0 Å². The van der Waals surface area contributed by atoms with E-state index in [1.807, 2.05) is 41.9 Å². The molecule has 0 fully saturated rings. The second-order valence-corrected chi connectivity index (χ2v) is 6.96. The number of fused-ring (bicyclic) bond motifs is 1. The molecule has 0 saturated carbocycles. The van der Waals surface area contributed by atoms with Crippen LogP contribution in [0, 0.1) is 0 Å². The van der Waals surface area contributed by atoms with Crippen molar-refractivity contribution in [2.24, 2.45) is 0 Å². The van der Waals surface area contributed by atoms with E-state index in [2.05, 4.69) is 10.3 Å². The lowest BCUT2D eigenvalue weighted by molar-refractivity contribution is 0.103. The SMILES string of the molecule is CCc1ccsc1C(=O)Nc1nc(-c2ccc3c(c2)OCO3)cs1. The lowest BCUT2D eigenvalue weighted by Crippen LogP contribution is -2.11. The number of hydrogen-bond donors (Lipinski definition) is 1. The standard InChI is InChI=1S/C17H14N2O3S2/c1-2-10-5-6-23-15(10)16(20)19-17-18-12(8-24-17)11-3-4-13-14(7-11)22-9-21-13/h3-8H,2,9H2,1H3,(H,18,19,20). The Kier molecular flexibility index (Phi) is 3.95. The number of aromatic nitrogens is 1. The fraction of sp³-hybridized carbons (Fsp3) is 0.176. The van der Waals surface area contributed by atoms with Crippen molar-refractivity contribution in [1.82, 2.24) is 4.98 Å². The molecule has 0 aliphatic carbocycles. The average molecular weight is 358 g/mol. The van der Waals surface area contributed by atoms with Crippen molar-refractivity contribution in [3.8, 4) is 22.8 Å². The Bertz CT molecular complexity index is 901. The summed E-state index contributed by atoms with van der Waals surface area (Å²) in [7, 11) is 0. The zero-order valence-electron chi connectivity index (χ0n) is 12.9. The molecule has 1 aromatic carbocycles. The quantitative estimate of drug-likeness (QED) is 0.750. The van der Waals surface area contributed by atoms with Gasteiger partial charge in [-0.1, -0.05) is 6.92 Å². The van der Waals surface area contributed by atoms with Gasteiger partial charge in [0.2, 0.25) is 6.79 Å². The van der Waals surface area contributed by atoms with Crippen LogP contribution in [0.1, 0.15) is 22.2 Å². The van der Waals surface area contributed by atoms with Crippen LogP contribution in [0.5, 0.6) is 11.5 Å². The van der Waals surface area contributed by atoms with Gasteiger partial charge in [0.1, 0.15) is 0 Å². The number of nitrogens with zero attached hydrogens (tertiary/aromatic N) is 1. The van der Waals surface area contributed by atoms with Gasteiger partial charge in [0.15, 0.2) is 16.6 Å². The van der Waals surface area contributed by atoms with E-state index in [0.29, 0.717) is 5.13 Å². The molecule has 3 heterocycles. The fourth-order valence-electron chi connectivity index (χ4n) is 2.49. The highest BCUT2D eigenvalue weighted by molar-refractivity contribution is 7.14. The molecule has 0 atom stereocenters. The van der Waals surface area contributed by atoms with Gasteiger partial charge >= 0.3 is 0 Å². The Morgan fingerprint density at radius 1 is 1.25 bits per heavy atom. The number of amides is 1. The number of aryl methyl sites for hydroxylation is 1. The molecule has 1 aliphatic rings. The van der Waals surface area contributed by atoms with E-state index in [0.717, 1.165) is 39.6 Å². The van der Waals surface area contributed by atoms with Crippen LogP contribution in [0.3, 0.4) is 0 Å². The molecule has 24 heavy (non-hydrogen) atoms. The van der Waals surface area contributed by atoms with Gasteiger partial charge in [-0.3, -0.25) is 10.1 Å². The first-order valence-corrected chi connectivity index (χ1v) is 9.24. The molecular formula is C17H14N2O3S2. The molecule has 1 N–H and O–H groups in total. The first-order chi connectivity index (χ1) is 11.7. The van der Waals surface area contributed by atoms with Gasteiger partial charge in [0.05, 0.1) is 10.6 Å². The summed E-state index contributed by atoms with van der Waals surface area (Å²) >= 11 is 2.86. The molecule has 0 saturated heterocycles. The zero-order valence-corrected chi connectivity index (χ0v) is 14.5. The molecular weight excluding hydrogens is 344 g/mol. The molecule has 0 bridgehead atoms. The number of rotatable bonds is 4. The first-order valence-electron chi connectivity index (χ1n) is 7.48. The largest absolute Gasteiger partial charge is 0.454 e. The van der Waals surface area contributed by atoms with Gasteiger partial charge in [-0.25, -0.2) is 4.98 Å². The van der Waals surface area contributed by atoms with E-state index in [-0.39, 0.29) is 12.7 Å². The highest BCUT2D eigenvalue weighted by atomic mass is 32.1. The number of ether oxygens (including phenoxy) is 2. The topological polar surface area (TPSA) is 60.5 Å². The monoisotopic (exact) mass is 358 g/mol. The minimum Gasteiger partial charge on any atom is -0.454 e. The molecule has 122 valence electrons. The number of carbonyl (C=O) groups excluding carboxylic acids is 1. The molecule has 1 amide bonds. The number of nitrogens with one attached hydrogen (secondary N) is 1. The van der Waals surface area contributed by atoms with E-state index >= 15 is 0 Å². The maximum absolute atomic E-state index is 12.4. The molecule has 0 radical (unpaired) electrons. The van der Waals surface area contributed by atoms with Crippen LogP contribution in [0.4, 0.5) is 5.13 Å². The van der Waals surface area contributed by atoms with Crippen LogP contribution in [0.15, 0.2) is 35.0 Å². The molecule has 3 aromatic rings. The highest BCUT2D eigenvalue weighted by Gasteiger charge is 2.17. The Hall–Kier alpha value is -2.38. The predicted octanol–water partition coefficient (Wildman–Crippen LogP) is 4.42. The maximum atomic E-state index is 12.4. The molecule has 2 aromatic heterocycles. The normalized spacial score (nSPS) is 12.4. The second-order valence-electron chi connectivity index (χ2n) is 5.19. The van der Waals surface area contributed by atoms with Gasteiger partial charge in [0.25, 0.3) is 5.91 Å². The van der Waals surface area contributed by atoms with Crippen LogP contribution < -0.4 is 14.8 Å². The summed E-state index contributed by atoms with van der Waals surface area (Å²) in [4.78, 5) is 17.6. The number of carbonyl (C=O) groups is 1. The number of benzene rings is 1. The summed E-state index contributed by atoms with van der Waals surface area (Å²) in [6.45, 7) is 2.29. The molecule has 0 spiro atoms.